The van der Waals surface area contributed by atoms with Crippen LogP contribution in [-0.4, -0.2) is 21.1 Å². The quantitative estimate of drug-likeness (QED) is 0.561. The molecule has 3 aromatic rings. The highest BCUT2D eigenvalue weighted by atomic mass is 35.5. The fourth-order valence-electron chi connectivity index (χ4n) is 2.75. The summed E-state index contributed by atoms with van der Waals surface area (Å²) in [4.78, 5) is 30.0. The summed E-state index contributed by atoms with van der Waals surface area (Å²) in [7, 11) is 1.79. The van der Waals surface area contributed by atoms with E-state index in [4.69, 9.17) is 11.6 Å². The van der Waals surface area contributed by atoms with Crippen molar-refractivity contribution < 1.29 is 9.59 Å². The van der Waals surface area contributed by atoms with E-state index in [1.165, 1.54) is 11.3 Å². The van der Waals surface area contributed by atoms with Gasteiger partial charge in [-0.3, -0.25) is 9.59 Å². The van der Waals surface area contributed by atoms with Gasteiger partial charge in [-0.2, -0.15) is 0 Å². The molecule has 0 radical (unpaired) electrons. The highest BCUT2D eigenvalue weighted by Crippen LogP contribution is 2.28. The molecule has 2 heterocycles. The van der Waals surface area contributed by atoms with E-state index in [0.717, 1.165) is 5.56 Å². The molecule has 1 aromatic carbocycles. The number of aromatic nitrogens is 2. The van der Waals surface area contributed by atoms with Crippen LogP contribution in [0.2, 0.25) is 5.02 Å². The highest BCUT2D eigenvalue weighted by molar-refractivity contribution is 7.12. The summed E-state index contributed by atoms with van der Waals surface area (Å²) in [5.41, 5.74) is 0.928. The Balaban J connectivity index is 1.83. The lowest BCUT2D eigenvalue weighted by atomic mass is 9.88. The number of hydrogen-bond acceptors (Lipinski definition) is 4. The van der Waals surface area contributed by atoms with Crippen LogP contribution in [0.4, 0.5) is 0 Å². The third-order valence-corrected chi connectivity index (χ3v) is 5.23. The molecule has 0 N–H and O–H groups in total. The first-order valence-electron chi connectivity index (χ1n) is 7.87. The topological polar surface area (TPSA) is 52.0 Å². The number of aryl methyl sites for hydroxylation is 1. The SMILES string of the molecule is Cn1ccnc1C(=O)C[C@@H](CC(=O)c1cccs1)c1ccc(Cl)cc1. The van der Waals surface area contributed by atoms with Gasteiger partial charge in [0.05, 0.1) is 4.88 Å². The molecule has 0 aliphatic heterocycles. The Morgan fingerprint density at radius 1 is 1.16 bits per heavy atom. The summed E-state index contributed by atoms with van der Waals surface area (Å²) < 4.78 is 1.70. The van der Waals surface area contributed by atoms with E-state index in [1.807, 2.05) is 29.6 Å². The largest absolute Gasteiger partial charge is 0.332 e. The number of hydrogen-bond donors (Lipinski definition) is 0. The van der Waals surface area contributed by atoms with E-state index in [1.54, 1.807) is 36.1 Å². The number of imidazole rings is 1. The minimum Gasteiger partial charge on any atom is -0.332 e. The van der Waals surface area contributed by atoms with Gasteiger partial charge >= 0.3 is 0 Å². The number of rotatable bonds is 7. The van der Waals surface area contributed by atoms with Crippen LogP contribution < -0.4 is 0 Å². The fourth-order valence-corrected chi connectivity index (χ4v) is 3.56. The van der Waals surface area contributed by atoms with Gasteiger partial charge in [0, 0.05) is 37.3 Å². The standard InChI is InChI=1S/C19H17ClN2O2S/c1-22-9-8-21-19(22)17(24)12-14(13-4-6-15(20)7-5-13)11-16(23)18-3-2-10-25-18/h2-10,14H,11-12H2,1H3/t14-/m1/s1. The maximum atomic E-state index is 12.6. The Morgan fingerprint density at radius 3 is 2.48 bits per heavy atom. The lowest BCUT2D eigenvalue weighted by Crippen LogP contribution is -2.15. The molecule has 0 fully saturated rings. The minimum absolute atomic E-state index is 0.0441. The molecule has 0 unspecified atom stereocenters. The Kier molecular flexibility index (Phi) is 5.46. The van der Waals surface area contributed by atoms with Crippen LogP contribution in [0.1, 0.15) is 44.6 Å². The average Bonchev–Trinajstić information content (AvgIpc) is 3.26. The zero-order valence-corrected chi connectivity index (χ0v) is 15.3. The van der Waals surface area contributed by atoms with Crippen molar-refractivity contribution in [2.75, 3.05) is 0 Å². The van der Waals surface area contributed by atoms with Crippen molar-refractivity contribution in [3.63, 3.8) is 0 Å². The predicted molar refractivity (Wildman–Crippen MR) is 99.6 cm³/mol. The number of thiophene rings is 1. The third kappa shape index (κ3) is 4.24. The second kappa shape index (κ2) is 7.76. The molecule has 25 heavy (non-hydrogen) atoms. The van der Waals surface area contributed by atoms with Crippen LogP contribution in [0.3, 0.4) is 0 Å². The molecule has 0 aliphatic carbocycles. The Bertz CT molecular complexity index is 869. The molecule has 0 spiro atoms. The van der Waals surface area contributed by atoms with E-state index in [9.17, 15) is 9.59 Å². The van der Waals surface area contributed by atoms with E-state index in [2.05, 4.69) is 4.98 Å². The minimum atomic E-state index is -0.212. The number of carbonyl (C=O) groups excluding carboxylic acids is 2. The van der Waals surface area contributed by atoms with Crippen LogP contribution in [0, 0.1) is 0 Å². The van der Waals surface area contributed by atoms with Gasteiger partial charge in [-0.25, -0.2) is 4.98 Å². The Morgan fingerprint density at radius 2 is 1.88 bits per heavy atom. The van der Waals surface area contributed by atoms with Crippen LogP contribution in [0.5, 0.6) is 0 Å². The molecule has 128 valence electrons. The van der Waals surface area contributed by atoms with Gasteiger partial charge in [0.15, 0.2) is 17.4 Å². The molecule has 0 saturated heterocycles. The van der Waals surface area contributed by atoms with Crippen molar-refractivity contribution in [2.24, 2.45) is 7.05 Å². The summed E-state index contributed by atoms with van der Waals surface area (Å²) in [5, 5.41) is 2.51. The van der Waals surface area contributed by atoms with Crippen LogP contribution in [0.15, 0.2) is 54.2 Å². The van der Waals surface area contributed by atoms with Crippen LogP contribution in [0.25, 0.3) is 0 Å². The molecule has 1 atom stereocenters. The molecular formula is C19H17ClN2O2S. The Labute approximate surface area is 155 Å². The van der Waals surface area contributed by atoms with Gasteiger partial charge in [-0.15, -0.1) is 11.3 Å². The predicted octanol–water partition coefficient (Wildman–Crippen LogP) is 4.76. The summed E-state index contributed by atoms with van der Waals surface area (Å²) in [6.07, 6.45) is 3.84. The van der Waals surface area contributed by atoms with Gasteiger partial charge in [0.25, 0.3) is 0 Å². The number of benzene rings is 1. The molecule has 6 heteroatoms. The van der Waals surface area contributed by atoms with E-state index < -0.39 is 0 Å². The van der Waals surface area contributed by atoms with Crippen molar-refractivity contribution >= 4 is 34.5 Å². The number of nitrogens with zero attached hydrogens (tertiary/aromatic N) is 2. The summed E-state index contributed by atoms with van der Waals surface area (Å²) in [5.74, 6) is 0.160. The van der Waals surface area contributed by atoms with Crippen molar-refractivity contribution in [1.82, 2.24) is 9.55 Å². The van der Waals surface area contributed by atoms with Crippen molar-refractivity contribution in [3.8, 4) is 0 Å². The average molecular weight is 373 g/mol. The molecule has 0 saturated carbocycles. The summed E-state index contributed by atoms with van der Waals surface area (Å²) in [6, 6.07) is 11.0. The monoisotopic (exact) mass is 372 g/mol. The van der Waals surface area contributed by atoms with E-state index in [0.29, 0.717) is 15.7 Å². The molecule has 0 amide bonds. The van der Waals surface area contributed by atoms with Crippen LogP contribution >= 0.6 is 22.9 Å². The third-order valence-electron chi connectivity index (χ3n) is 4.07. The number of Topliss-reactive ketones (excluding diaryl/α,β-unsaturated/α-hetero) is 2. The van der Waals surface area contributed by atoms with Crippen molar-refractivity contribution in [2.45, 2.75) is 18.8 Å². The van der Waals surface area contributed by atoms with Gasteiger partial charge in [-0.05, 0) is 35.1 Å². The summed E-state index contributed by atoms with van der Waals surface area (Å²) >= 11 is 7.38. The number of carbonyl (C=O) groups is 2. The molecule has 2 aromatic heterocycles. The lowest BCUT2D eigenvalue weighted by molar-refractivity contribution is 0.0938. The summed E-state index contributed by atoms with van der Waals surface area (Å²) in [6.45, 7) is 0. The number of ketones is 2. The van der Waals surface area contributed by atoms with Crippen molar-refractivity contribution in [1.29, 1.82) is 0 Å². The normalized spacial score (nSPS) is 12.1. The van der Waals surface area contributed by atoms with Gasteiger partial charge in [0.1, 0.15) is 0 Å². The van der Waals surface area contributed by atoms with Gasteiger partial charge in [-0.1, -0.05) is 29.8 Å². The fraction of sp³-hybridized carbons (Fsp3) is 0.211. The van der Waals surface area contributed by atoms with Gasteiger partial charge < -0.3 is 4.57 Å². The van der Waals surface area contributed by atoms with Gasteiger partial charge in [0.2, 0.25) is 0 Å². The van der Waals surface area contributed by atoms with Crippen molar-refractivity contribution in [3.05, 3.63) is 75.5 Å². The molecule has 3 rings (SSSR count). The molecule has 0 bridgehead atoms. The first kappa shape index (κ1) is 17.6. The van der Waals surface area contributed by atoms with E-state index in [-0.39, 0.29) is 30.3 Å². The highest BCUT2D eigenvalue weighted by Gasteiger charge is 2.23. The second-order valence-corrected chi connectivity index (χ2v) is 7.23. The molecule has 4 nitrogen and oxygen atoms in total. The molecule has 0 aliphatic rings. The first-order chi connectivity index (χ1) is 12.0. The maximum absolute atomic E-state index is 12.6. The zero-order chi connectivity index (χ0) is 17.8. The number of halogens is 1. The van der Waals surface area contributed by atoms with Crippen LogP contribution in [-0.2, 0) is 7.05 Å². The lowest BCUT2D eigenvalue weighted by Gasteiger charge is -2.16. The zero-order valence-electron chi connectivity index (χ0n) is 13.7. The maximum Gasteiger partial charge on any atom is 0.198 e. The van der Waals surface area contributed by atoms with E-state index >= 15 is 0 Å². The first-order valence-corrected chi connectivity index (χ1v) is 9.13. The Hall–Kier alpha value is -2.24. The smallest absolute Gasteiger partial charge is 0.198 e. The second-order valence-electron chi connectivity index (χ2n) is 5.84. The molecular weight excluding hydrogens is 356 g/mol.